The molecule has 0 atom stereocenters. The fourth-order valence-electron chi connectivity index (χ4n) is 3.84. The number of anilines is 1. The Morgan fingerprint density at radius 1 is 1.03 bits per heavy atom. The smallest absolute Gasteiger partial charge is 0.253 e. The Bertz CT molecular complexity index is 1350. The van der Waals surface area contributed by atoms with E-state index in [0.717, 1.165) is 28.8 Å². The maximum Gasteiger partial charge on any atom is 0.253 e. The van der Waals surface area contributed by atoms with Gasteiger partial charge in [0, 0.05) is 22.7 Å². The molecule has 0 fully saturated rings. The Morgan fingerprint density at radius 2 is 1.79 bits per heavy atom. The molecular weight excluding hydrogens is 450 g/mol. The lowest BCUT2D eigenvalue weighted by Crippen LogP contribution is -2.35. The molecule has 0 aliphatic carbocycles. The number of aromatic amines is 1. The van der Waals surface area contributed by atoms with E-state index in [1.807, 2.05) is 47.4 Å². The number of hydrogen-bond donors (Lipinski definition) is 2. The van der Waals surface area contributed by atoms with E-state index in [0.29, 0.717) is 40.8 Å². The van der Waals surface area contributed by atoms with Gasteiger partial charge in [0.1, 0.15) is 5.76 Å². The number of fused-ring (bicyclic) bond motifs is 1. The summed E-state index contributed by atoms with van der Waals surface area (Å²) >= 11 is 5.77. The van der Waals surface area contributed by atoms with Gasteiger partial charge in [-0.1, -0.05) is 25.1 Å². The van der Waals surface area contributed by atoms with Crippen LogP contribution in [0.2, 0.25) is 0 Å². The highest BCUT2D eigenvalue weighted by Crippen LogP contribution is 2.31. The molecule has 2 heterocycles. The number of rotatable bonds is 8. The van der Waals surface area contributed by atoms with Crippen molar-refractivity contribution in [2.75, 3.05) is 19.5 Å². The van der Waals surface area contributed by atoms with Crippen molar-refractivity contribution in [1.82, 2.24) is 9.88 Å². The summed E-state index contributed by atoms with van der Waals surface area (Å²) in [7, 11) is 3.15. The van der Waals surface area contributed by atoms with Crippen molar-refractivity contribution in [1.29, 1.82) is 0 Å². The molecule has 2 N–H and O–H groups in total. The minimum atomic E-state index is -0.194. The zero-order valence-corrected chi connectivity index (χ0v) is 20.2. The molecule has 2 aromatic heterocycles. The van der Waals surface area contributed by atoms with Gasteiger partial charge in [-0.25, -0.2) is 0 Å². The van der Waals surface area contributed by atoms with Gasteiger partial charge in [0.05, 0.1) is 39.1 Å². The average Bonchev–Trinajstić information content (AvgIpc) is 3.36. The SMILES string of the molecule is CCc1ccccc1NC(=S)N(Cc1ccco1)Cc1cc2cc(OC)c(OC)cc2[nH]c1=O. The van der Waals surface area contributed by atoms with E-state index in [-0.39, 0.29) is 5.56 Å². The summed E-state index contributed by atoms with van der Waals surface area (Å²) in [6.07, 6.45) is 2.50. The van der Waals surface area contributed by atoms with E-state index in [1.54, 1.807) is 26.5 Å². The molecule has 0 bridgehead atoms. The first kappa shape index (κ1) is 23.4. The predicted molar refractivity (Wildman–Crippen MR) is 138 cm³/mol. The minimum absolute atomic E-state index is 0.194. The highest BCUT2D eigenvalue weighted by atomic mass is 32.1. The number of H-pyrrole nitrogens is 1. The molecule has 0 saturated carbocycles. The molecule has 0 aliphatic heterocycles. The number of nitrogens with zero attached hydrogens (tertiary/aromatic N) is 1. The van der Waals surface area contributed by atoms with Crippen LogP contribution < -0.4 is 20.3 Å². The number of thiocarbonyl (C=S) groups is 1. The molecule has 4 aromatic rings. The standard InChI is InChI=1S/C26H27N3O4S/c1-4-17-8-5-6-10-21(17)28-26(34)29(16-20-9-7-11-33-20)15-19-12-18-13-23(31-2)24(32-3)14-22(18)27-25(19)30/h5-14H,4,15-16H2,1-3H3,(H,27,30)(H,28,34). The molecular formula is C26H27N3O4S. The molecule has 0 spiro atoms. The lowest BCUT2D eigenvalue weighted by atomic mass is 10.1. The van der Waals surface area contributed by atoms with Gasteiger partial charge in [-0.2, -0.15) is 0 Å². The van der Waals surface area contributed by atoms with Crippen LogP contribution >= 0.6 is 12.2 Å². The van der Waals surface area contributed by atoms with Crippen molar-refractivity contribution in [3.05, 3.63) is 88.1 Å². The van der Waals surface area contributed by atoms with E-state index < -0.39 is 0 Å². The monoisotopic (exact) mass is 477 g/mol. The van der Waals surface area contributed by atoms with Gasteiger partial charge in [0.25, 0.3) is 5.56 Å². The maximum absolute atomic E-state index is 13.0. The molecule has 34 heavy (non-hydrogen) atoms. The van der Waals surface area contributed by atoms with Crippen LogP contribution in [0.5, 0.6) is 11.5 Å². The highest BCUT2D eigenvalue weighted by molar-refractivity contribution is 7.80. The molecule has 7 nitrogen and oxygen atoms in total. The summed E-state index contributed by atoms with van der Waals surface area (Å²) in [5.74, 6) is 1.89. The minimum Gasteiger partial charge on any atom is -0.493 e. The third-order valence-electron chi connectivity index (χ3n) is 5.64. The van der Waals surface area contributed by atoms with Crippen LogP contribution in [0, 0.1) is 0 Å². The number of aromatic nitrogens is 1. The first-order valence-corrected chi connectivity index (χ1v) is 11.4. The summed E-state index contributed by atoms with van der Waals surface area (Å²) in [6, 6.07) is 17.2. The molecule has 0 aliphatic rings. The van der Waals surface area contributed by atoms with Crippen LogP contribution in [-0.4, -0.2) is 29.2 Å². The Labute approximate surface area is 203 Å². The second-order valence-corrected chi connectivity index (χ2v) is 8.18. The Morgan fingerprint density at radius 3 is 2.50 bits per heavy atom. The fraction of sp³-hybridized carbons (Fsp3) is 0.231. The van der Waals surface area contributed by atoms with Crippen LogP contribution in [0.25, 0.3) is 10.9 Å². The first-order valence-electron chi connectivity index (χ1n) is 11.0. The van der Waals surface area contributed by atoms with Crippen molar-refractivity contribution >= 4 is 33.9 Å². The van der Waals surface area contributed by atoms with Gasteiger partial charge in [-0.3, -0.25) is 4.79 Å². The number of aryl methyl sites for hydroxylation is 1. The van der Waals surface area contributed by atoms with Crippen molar-refractivity contribution in [3.8, 4) is 11.5 Å². The second-order valence-electron chi connectivity index (χ2n) is 7.79. The molecule has 2 aromatic carbocycles. The third kappa shape index (κ3) is 5.07. The quantitative estimate of drug-likeness (QED) is 0.342. The lowest BCUT2D eigenvalue weighted by molar-refractivity contribution is 0.355. The summed E-state index contributed by atoms with van der Waals surface area (Å²) in [5, 5.41) is 4.69. The summed E-state index contributed by atoms with van der Waals surface area (Å²) in [4.78, 5) is 17.8. The fourth-order valence-corrected chi connectivity index (χ4v) is 4.08. The molecule has 0 unspecified atom stereocenters. The van der Waals surface area contributed by atoms with Gasteiger partial charge >= 0.3 is 0 Å². The van der Waals surface area contributed by atoms with Crippen molar-refractivity contribution in [2.45, 2.75) is 26.4 Å². The summed E-state index contributed by atoms with van der Waals surface area (Å²) < 4.78 is 16.3. The van der Waals surface area contributed by atoms with E-state index in [4.69, 9.17) is 26.1 Å². The zero-order chi connectivity index (χ0) is 24.1. The highest BCUT2D eigenvalue weighted by Gasteiger charge is 2.17. The van der Waals surface area contributed by atoms with E-state index >= 15 is 0 Å². The number of pyridine rings is 1. The van der Waals surface area contributed by atoms with Gasteiger partial charge in [0.15, 0.2) is 16.6 Å². The number of para-hydroxylation sites is 1. The van der Waals surface area contributed by atoms with Crippen LogP contribution in [0.15, 0.2) is 70.1 Å². The van der Waals surface area contributed by atoms with Crippen molar-refractivity contribution < 1.29 is 13.9 Å². The van der Waals surface area contributed by atoms with E-state index in [9.17, 15) is 4.79 Å². The molecule has 0 amide bonds. The number of ether oxygens (including phenoxy) is 2. The van der Waals surface area contributed by atoms with Crippen LogP contribution in [0.3, 0.4) is 0 Å². The number of benzene rings is 2. The van der Waals surface area contributed by atoms with Gasteiger partial charge in [-0.15, -0.1) is 0 Å². The Hall–Kier alpha value is -3.78. The van der Waals surface area contributed by atoms with Gasteiger partial charge < -0.3 is 29.1 Å². The maximum atomic E-state index is 13.0. The van der Waals surface area contributed by atoms with E-state index in [2.05, 4.69) is 23.3 Å². The largest absolute Gasteiger partial charge is 0.493 e. The molecule has 0 radical (unpaired) electrons. The molecule has 8 heteroatoms. The van der Waals surface area contributed by atoms with Crippen molar-refractivity contribution in [3.63, 3.8) is 0 Å². The predicted octanol–water partition coefficient (Wildman–Crippen LogP) is 5.10. The number of furan rings is 1. The molecule has 4 rings (SSSR count). The number of methoxy groups -OCH3 is 2. The first-order chi connectivity index (χ1) is 16.5. The van der Waals surface area contributed by atoms with Crippen molar-refractivity contribution in [2.24, 2.45) is 0 Å². The number of nitrogens with one attached hydrogen (secondary N) is 2. The average molecular weight is 478 g/mol. The molecule has 176 valence electrons. The van der Waals surface area contributed by atoms with E-state index in [1.165, 1.54) is 0 Å². The third-order valence-corrected chi connectivity index (χ3v) is 6.00. The Kier molecular flexibility index (Phi) is 7.18. The normalized spacial score (nSPS) is 10.8. The lowest BCUT2D eigenvalue weighted by Gasteiger charge is -2.26. The zero-order valence-electron chi connectivity index (χ0n) is 19.4. The van der Waals surface area contributed by atoms with Crippen LogP contribution in [-0.2, 0) is 19.5 Å². The number of hydrogen-bond acceptors (Lipinski definition) is 5. The van der Waals surface area contributed by atoms with Crippen LogP contribution in [0.1, 0.15) is 23.8 Å². The van der Waals surface area contributed by atoms with Gasteiger partial charge in [-0.05, 0) is 54.5 Å². The molecule has 0 saturated heterocycles. The van der Waals surface area contributed by atoms with Gasteiger partial charge in [0.2, 0.25) is 0 Å². The summed E-state index contributed by atoms with van der Waals surface area (Å²) in [6.45, 7) is 2.80. The second kappa shape index (κ2) is 10.4. The van der Waals surface area contributed by atoms with Crippen LogP contribution in [0.4, 0.5) is 5.69 Å². The topological polar surface area (TPSA) is 79.7 Å². The Balaban J connectivity index is 1.67. The summed E-state index contributed by atoms with van der Waals surface area (Å²) in [5.41, 5.74) is 3.15.